The van der Waals surface area contributed by atoms with Crippen LogP contribution in [0.5, 0.6) is 0 Å². The predicted molar refractivity (Wildman–Crippen MR) is 77.5 cm³/mol. The Bertz CT molecular complexity index is 659. The second-order valence-corrected chi connectivity index (χ2v) is 4.99. The maximum Gasteiger partial charge on any atom is 0.163 e. The summed E-state index contributed by atoms with van der Waals surface area (Å²) in [5, 5.41) is 12.0. The van der Waals surface area contributed by atoms with Gasteiger partial charge in [0.05, 0.1) is 11.6 Å². The maximum absolute atomic E-state index is 13.8. The van der Waals surface area contributed by atoms with Gasteiger partial charge in [-0.2, -0.15) is 5.26 Å². The first kappa shape index (κ1) is 15.1. The summed E-state index contributed by atoms with van der Waals surface area (Å²) < 4.78 is 27.0. The monoisotopic (exact) mass is 286 g/mol. The van der Waals surface area contributed by atoms with Crippen molar-refractivity contribution in [3.05, 3.63) is 70.8 Å². The highest BCUT2D eigenvalue weighted by atomic mass is 19.2. The third-order valence-corrected chi connectivity index (χ3v) is 3.49. The molecule has 0 saturated heterocycles. The zero-order valence-electron chi connectivity index (χ0n) is 11.9. The van der Waals surface area contributed by atoms with E-state index in [1.807, 2.05) is 19.1 Å². The minimum atomic E-state index is -0.841. The van der Waals surface area contributed by atoms with E-state index < -0.39 is 11.6 Å². The quantitative estimate of drug-likeness (QED) is 0.912. The molecule has 0 aliphatic heterocycles. The van der Waals surface area contributed by atoms with Crippen LogP contribution >= 0.6 is 0 Å². The molecular formula is C17H16F2N2. The van der Waals surface area contributed by atoms with Gasteiger partial charge in [0, 0.05) is 17.6 Å². The van der Waals surface area contributed by atoms with Crippen LogP contribution in [0.25, 0.3) is 0 Å². The molecule has 0 spiro atoms. The lowest BCUT2D eigenvalue weighted by atomic mass is 10.0. The summed E-state index contributed by atoms with van der Waals surface area (Å²) in [4.78, 5) is 0. The molecule has 0 aromatic heterocycles. The SMILES string of the molecule is CC(NC(C)c1cccc(F)c1F)c1ccc(C#N)cc1. The Morgan fingerprint density at radius 2 is 1.67 bits per heavy atom. The molecule has 0 aliphatic rings. The number of nitriles is 1. The van der Waals surface area contributed by atoms with Crippen LogP contribution in [0.4, 0.5) is 8.78 Å². The van der Waals surface area contributed by atoms with Crippen molar-refractivity contribution in [2.45, 2.75) is 25.9 Å². The predicted octanol–water partition coefficient (Wildman–Crippen LogP) is 4.25. The molecule has 0 saturated carbocycles. The zero-order chi connectivity index (χ0) is 15.4. The van der Waals surface area contributed by atoms with Crippen molar-refractivity contribution in [2.24, 2.45) is 0 Å². The van der Waals surface area contributed by atoms with Crippen molar-refractivity contribution in [1.82, 2.24) is 5.32 Å². The van der Waals surface area contributed by atoms with Crippen molar-refractivity contribution in [3.63, 3.8) is 0 Å². The number of hydrogen-bond acceptors (Lipinski definition) is 2. The zero-order valence-corrected chi connectivity index (χ0v) is 11.9. The Hall–Kier alpha value is -2.25. The van der Waals surface area contributed by atoms with Gasteiger partial charge >= 0.3 is 0 Å². The fourth-order valence-corrected chi connectivity index (χ4v) is 2.26. The van der Waals surface area contributed by atoms with E-state index in [0.717, 1.165) is 11.6 Å². The van der Waals surface area contributed by atoms with E-state index >= 15 is 0 Å². The Morgan fingerprint density at radius 3 is 2.29 bits per heavy atom. The van der Waals surface area contributed by atoms with Gasteiger partial charge in [-0.25, -0.2) is 8.78 Å². The molecule has 0 amide bonds. The smallest absolute Gasteiger partial charge is 0.163 e. The standard InChI is InChI=1S/C17H16F2N2/c1-11(14-8-6-13(10-20)7-9-14)21-12(2)15-4-3-5-16(18)17(15)19/h3-9,11-12,21H,1-2H3. The van der Waals surface area contributed by atoms with Gasteiger partial charge < -0.3 is 5.32 Å². The first-order chi connectivity index (χ1) is 10.0. The molecule has 0 fully saturated rings. The van der Waals surface area contributed by atoms with E-state index in [0.29, 0.717) is 11.1 Å². The fraction of sp³-hybridized carbons (Fsp3) is 0.235. The van der Waals surface area contributed by atoms with Crippen molar-refractivity contribution in [3.8, 4) is 6.07 Å². The highest BCUT2D eigenvalue weighted by Crippen LogP contribution is 2.23. The van der Waals surface area contributed by atoms with Crippen LogP contribution in [0.2, 0.25) is 0 Å². The molecule has 4 heteroatoms. The van der Waals surface area contributed by atoms with Gasteiger partial charge in [0.1, 0.15) is 0 Å². The summed E-state index contributed by atoms with van der Waals surface area (Å²) in [5.41, 5.74) is 1.88. The summed E-state index contributed by atoms with van der Waals surface area (Å²) in [7, 11) is 0. The largest absolute Gasteiger partial charge is 0.304 e. The van der Waals surface area contributed by atoms with Crippen LogP contribution in [0.15, 0.2) is 42.5 Å². The van der Waals surface area contributed by atoms with Gasteiger partial charge in [0.2, 0.25) is 0 Å². The van der Waals surface area contributed by atoms with E-state index in [-0.39, 0.29) is 12.1 Å². The molecule has 2 aromatic rings. The number of benzene rings is 2. The molecule has 2 unspecified atom stereocenters. The summed E-state index contributed by atoms with van der Waals surface area (Å²) in [5.74, 6) is -1.66. The lowest BCUT2D eigenvalue weighted by Crippen LogP contribution is -2.23. The average molecular weight is 286 g/mol. The van der Waals surface area contributed by atoms with Crippen molar-refractivity contribution < 1.29 is 8.78 Å². The fourth-order valence-electron chi connectivity index (χ4n) is 2.26. The van der Waals surface area contributed by atoms with E-state index in [1.54, 1.807) is 25.1 Å². The second kappa shape index (κ2) is 6.47. The highest BCUT2D eigenvalue weighted by Gasteiger charge is 2.16. The van der Waals surface area contributed by atoms with Gasteiger partial charge in [0.15, 0.2) is 11.6 Å². The average Bonchev–Trinajstić information content (AvgIpc) is 2.50. The Morgan fingerprint density at radius 1 is 1.00 bits per heavy atom. The molecule has 2 atom stereocenters. The molecule has 2 aromatic carbocycles. The maximum atomic E-state index is 13.8. The lowest BCUT2D eigenvalue weighted by Gasteiger charge is -2.21. The Kier molecular flexibility index (Phi) is 4.66. The molecule has 2 nitrogen and oxygen atoms in total. The first-order valence-electron chi connectivity index (χ1n) is 6.73. The summed E-state index contributed by atoms with van der Waals surface area (Å²) in [6, 6.07) is 13.0. The lowest BCUT2D eigenvalue weighted by molar-refractivity contribution is 0.449. The van der Waals surface area contributed by atoms with E-state index in [9.17, 15) is 8.78 Å². The summed E-state index contributed by atoms with van der Waals surface area (Å²) in [6.45, 7) is 3.73. The minimum absolute atomic E-state index is 0.0459. The topological polar surface area (TPSA) is 35.8 Å². The molecule has 0 bridgehead atoms. The molecule has 1 N–H and O–H groups in total. The van der Waals surface area contributed by atoms with E-state index in [2.05, 4.69) is 11.4 Å². The summed E-state index contributed by atoms with van der Waals surface area (Å²) >= 11 is 0. The molecular weight excluding hydrogens is 270 g/mol. The number of halogens is 2. The normalized spacial score (nSPS) is 13.5. The van der Waals surface area contributed by atoms with Crippen LogP contribution in [0.1, 0.15) is 42.6 Å². The van der Waals surface area contributed by atoms with Gasteiger partial charge in [0.25, 0.3) is 0 Å². The third-order valence-electron chi connectivity index (χ3n) is 3.49. The summed E-state index contributed by atoms with van der Waals surface area (Å²) in [6.07, 6.45) is 0. The minimum Gasteiger partial charge on any atom is -0.304 e. The van der Waals surface area contributed by atoms with Gasteiger partial charge in [-0.1, -0.05) is 24.3 Å². The van der Waals surface area contributed by atoms with Crippen molar-refractivity contribution in [2.75, 3.05) is 0 Å². The van der Waals surface area contributed by atoms with E-state index in [4.69, 9.17) is 5.26 Å². The Balaban J connectivity index is 2.13. The van der Waals surface area contributed by atoms with E-state index in [1.165, 1.54) is 6.07 Å². The number of nitrogens with one attached hydrogen (secondary N) is 1. The molecule has 2 rings (SSSR count). The van der Waals surface area contributed by atoms with Crippen LogP contribution in [0, 0.1) is 23.0 Å². The molecule has 0 radical (unpaired) electrons. The molecule has 108 valence electrons. The number of rotatable bonds is 4. The molecule has 21 heavy (non-hydrogen) atoms. The van der Waals surface area contributed by atoms with Crippen LogP contribution in [0.3, 0.4) is 0 Å². The first-order valence-corrected chi connectivity index (χ1v) is 6.73. The third kappa shape index (κ3) is 3.45. The van der Waals surface area contributed by atoms with Crippen LogP contribution in [-0.4, -0.2) is 0 Å². The van der Waals surface area contributed by atoms with Crippen molar-refractivity contribution in [1.29, 1.82) is 5.26 Å². The Labute approximate surface area is 123 Å². The van der Waals surface area contributed by atoms with Crippen molar-refractivity contribution >= 4 is 0 Å². The molecule has 0 heterocycles. The molecule has 0 aliphatic carbocycles. The highest BCUT2D eigenvalue weighted by molar-refractivity contribution is 5.33. The van der Waals surface area contributed by atoms with Gasteiger partial charge in [-0.3, -0.25) is 0 Å². The van der Waals surface area contributed by atoms with Crippen LogP contribution < -0.4 is 5.32 Å². The van der Waals surface area contributed by atoms with Gasteiger partial charge in [-0.05, 0) is 37.6 Å². The van der Waals surface area contributed by atoms with Gasteiger partial charge in [-0.15, -0.1) is 0 Å². The van der Waals surface area contributed by atoms with Crippen LogP contribution in [-0.2, 0) is 0 Å². The number of nitrogens with zero attached hydrogens (tertiary/aromatic N) is 1. The number of hydrogen-bond donors (Lipinski definition) is 1. The second-order valence-electron chi connectivity index (χ2n) is 4.99.